The summed E-state index contributed by atoms with van der Waals surface area (Å²) in [6.45, 7) is 4.17. The summed E-state index contributed by atoms with van der Waals surface area (Å²) in [5, 5.41) is 2.92. The summed E-state index contributed by atoms with van der Waals surface area (Å²) in [7, 11) is 0. The molecule has 1 rings (SSSR count). The van der Waals surface area contributed by atoms with Gasteiger partial charge in [-0.05, 0) is 19.9 Å². The molecule has 0 spiro atoms. The van der Waals surface area contributed by atoms with E-state index in [4.69, 9.17) is 10.5 Å². The molecule has 1 amide bonds. The van der Waals surface area contributed by atoms with Crippen LogP contribution < -0.4 is 15.8 Å². The number of carbonyl (C=O) groups excluding carboxylic acids is 1. The number of hydrogen-bond donors (Lipinski definition) is 2. The zero-order chi connectivity index (χ0) is 11.3. The molecule has 1 aromatic heterocycles. The van der Waals surface area contributed by atoms with Gasteiger partial charge in [-0.1, -0.05) is 0 Å². The molecule has 0 saturated carbocycles. The average molecular weight is 209 g/mol. The second kappa shape index (κ2) is 5.19. The Labute approximate surface area is 88.6 Å². The van der Waals surface area contributed by atoms with Crippen molar-refractivity contribution >= 4 is 11.6 Å². The van der Waals surface area contributed by atoms with Crippen molar-refractivity contribution in [3.05, 3.63) is 18.3 Å². The van der Waals surface area contributed by atoms with Crippen LogP contribution in [0.4, 0.5) is 5.69 Å². The van der Waals surface area contributed by atoms with Gasteiger partial charge in [0.25, 0.3) is 0 Å². The van der Waals surface area contributed by atoms with Gasteiger partial charge < -0.3 is 15.8 Å². The lowest BCUT2D eigenvalue weighted by Crippen LogP contribution is -2.32. The number of nitrogens with two attached hydrogens (primary N) is 1. The van der Waals surface area contributed by atoms with Gasteiger partial charge in [0.2, 0.25) is 11.8 Å². The zero-order valence-corrected chi connectivity index (χ0v) is 8.86. The third kappa shape index (κ3) is 3.46. The molecule has 3 N–H and O–H groups in total. The van der Waals surface area contributed by atoms with Crippen molar-refractivity contribution in [2.75, 3.05) is 11.9 Å². The topological polar surface area (TPSA) is 77.2 Å². The molecule has 82 valence electrons. The Morgan fingerprint density at radius 1 is 1.67 bits per heavy atom. The van der Waals surface area contributed by atoms with E-state index in [1.807, 2.05) is 6.92 Å². The maximum Gasteiger partial charge on any atom is 0.239 e. The Kier molecular flexibility index (Phi) is 3.91. The Balaban J connectivity index is 2.60. The largest absolute Gasteiger partial charge is 0.478 e. The van der Waals surface area contributed by atoms with Crippen molar-refractivity contribution in [1.82, 2.24) is 4.98 Å². The summed E-state index contributed by atoms with van der Waals surface area (Å²) in [4.78, 5) is 14.8. The minimum absolute atomic E-state index is 0.399. The molecule has 0 bridgehead atoms. The number of amides is 1. The van der Waals surface area contributed by atoms with Crippen LogP contribution in [-0.4, -0.2) is 23.5 Å². The molecule has 0 radical (unpaired) electrons. The van der Waals surface area contributed by atoms with Crippen LogP contribution in [-0.2, 0) is 4.79 Å². The fraction of sp³-hybridized carbons (Fsp3) is 0.400. The van der Waals surface area contributed by atoms with Crippen LogP contribution in [0.1, 0.15) is 13.8 Å². The van der Waals surface area contributed by atoms with Crippen LogP contribution in [0, 0.1) is 0 Å². The predicted molar refractivity (Wildman–Crippen MR) is 57.7 cm³/mol. The van der Waals surface area contributed by atoms with Gasteiger partial charge in [0.1, 0.15) is 6.04 Å². The van der Waals surface area contributed by atoms with Crippen molar-refractivity contribution < 1.29 is 9.53 Å². The highest BCUT2D eigenvalue weighted by atomic mass is 16.5. The lowest BCUT2D eigenvalue weighted by Gasteiger charge is -2.11. The first-order valence-corrected chi connectivity index (χ1v) is 4.78. The first-order valence-electron chi connectivity index (χ1n) is 4.78. The first-order chi connectivity index (χ1) is 7.13. The molecule has 5 heteroatoms. The maximum atomic E-state index is 10.8. The Hall–Kier alpha value is -1.78. The van der Waals surface area contributed by atoms with E-state index >= 15 is 0 Å². The normalized spacial score (nSPS) is 11.9. The second-order valence-electron chi connectivity index (χ2n) is 3.09. The fourth-order valence-corrected chi connectivity index (χ4v) is 1.02. The highest BCUT2D eigenvalue weighted by molar-refractivity contribution is 5.82. The second-order valence-corrected chi connectivity index (χ2v) is 3.09. The lowest BCUT2D eigenvalue weighted by molar-refractivity contribution is -0.118. The molecular formula is C10H15N3O2. The molecular weight excluding hydrogens is 194 g/mol. The number of ether oxygens (including phenoxy) is 1. The monoisotopic (exact) mass is 209 g/mol. The molecule has 1 unspecified atom stereocenters. The zero-order valence-electron chi connectivity index (χ0n) is 8.86. The van der Waals surface area contributed by atoms with E-state index in [2.05, 4.69) is 10.3 Å². The molecule has 0 saturated heterocycles. The number of rotatable bonds is 5. The Morgan fingerprint density at radius 2 is 2.40 bits per heavy atom. The summed E-state index contributed by atoms with van der Waals surface area (Å²) in [5.41, 5.74) is 5.86. The number of nitrogens with zero attached hydrogens (tertiary/aromatic N) is 1. The molecule has 1 aromatic rings. The number of pyridine rings is 1. The molecule has 0 aliphatic carbocycles. The van der Waals surface area contributed by atoms with Crippen molar-refractivity contribution in [3.8, 4) is 5.88 Å². The van der Waals surface area contributed by atoms with E-state index in [9.17, 15) is 4.79 Å². The number of aromatic nitrogens is 1. The summed E-state index contributed by atoms with van der Waals surface area (Å²) >= 11 is 0. The van der Waals surface area contributed by atoms with Crippen LogP contribution in [0.25, 0.3) is 0 Å². The standard InChI is InChI=1S/C10H15N3O2/c1-3-15-9-5-4-8(6-12-9)13-7(2)10(11)14/h4-7,13H,3H2,1-2H3,(H2,11,14). The molecule has 1 atom stereocenters. The molecule has 1 heterocycles. The van der Waals surface area contributed by atoms with E-state index < -0.39 is 11.9 Å². The van der Waals surface area contributed by atoms with Crippen LogP contribution in [0.2, 0.25) is 0 Å². The summed E-state index contributed by atoms with van der Waals surface area (Å²) in [5.74, 6) is 0.165. The molecule has 0 fully saturated rings. The third-order valence-corrected chi connectivity index (χ3v) is 1.84. The van der Waals surface area contributed by atoms with Gasteiger partial charge in [-0.3, -0.25) is 4.79 Å². The van der Waals surface area contributed by atoms with Crippen LogP contribution in [0.5, 0.6) is 5.88 Å². The first kappa shape index (κ1) is 11.3. The Bertz CT molecular complexity index is 324. The molecule has 0 aliphatic heterocycles. The van der Waals surface area contributed by atoms with Crippen molar-refractivity contribution in [2.24, 2.45) is 5.73 Å². The van der Waals surface area contributed by atoms with E-state index in [-0.39, 0.29) is 0 Å². The Morgan fingerprint density at radius 3 is 2.87 bits per heavy atom. The van der Waals surface area contributed by atoms with Crippen LogP contribution in [0.15, 0.2) is 18.3 Å². The highest BCUT2D eigenvalue weighted by Gasteiger charge is 2.07. The fourth-order valence-electron chi connectivity index (χ4n) is 1.02. The minimum atomic E-state index is -0.412. The number of primary amides is 1. The molecule has 15 heavy (non-hydrogen) atoms. The van der Waals surface area contributed by atoms with Gasteiger partial charge in [0.15, 0.2) is 0 Å². The van der Waals surface area contributed by atoms with Crippen molar-refractivity contribution in [2.45, 2.75) is 19.9 Å². The van der Waals surface area contributed by atoms with Gasteiger partial charge in [-0.15, -0.1) is 0 Å². The number of carbonyl (C=O) groups is 1. The van der Waals surface area contributed by atoms with Gasteiger partial charge >= 0.3 is 0 Å². The predicted octanol–water partition coefficient (Wildman–Crippen LogP) is 0.766. The average Bonchev–Trinajstić information content (AvgIpc) is 2.21. The summed E-state index contributed by atoms with van der Waals surface area (Å²) in [6.07, 6.45) is 1.60. The minimum Gasteiger partial charge on any atom is -0.478 e. The number of nitrogens with one attached hydrogen (secondary N) is 1. The number of hydrogen-bond acceptors (Lipinski definition) is 4. The van der Waals surface area contributed by atoms with E-state index in [0.717, 1.165) is 5.69 Å². The quantitative estimate of drug-likeness (QED) is 0.750. The molecule has 5 nitrogen and oxygen atoms in total. The van der Waals surface area contributed by atoms with Crippen LogP contribution >= 0.6 is 0 Å². The maximum absolute atomic E-state index is 10.8. The number of anilines is 1. The highest BCUT2D eigenvalue weighted by Crippen LogP contribution is 2.12. The van der Waals surface area contributed by atoms with E-state index in [1.165, 1.54) is 0 Å². The summed E-state index contributed by atoms with van der Waals surface area (Å²) < 4.78 is 5.18. The van der Waals surface area contributed by atoms with Gasteiger partial charge in [0.05, 0.1) is 18.5 Å². The van der Waals surface area contributed by atoms with E-state index in [1.54, 1.807) is 25.3 Å². The van der Waals surface area contributed by atoms with Crippen molar-refractivity contribution in [3.63, 3.8) is 0 Å². The molecule has 0 aliphatic rings. The smallest absolute Gasteiger partial charge is 0.239 e. The van der Waals surface area contributed by atoms with Gasteiger partial charge in [-0.25, -0.2) is 4.98 Å². The summed E-state index contributed by atoms with van der Waals surface area (Å²) in [6, 6.07) is 3.11. The lowest BCUT2D eigenvalue weighted by atomic mass is 10.3. The van der Waals surface area contributed by atoms with Gasteiger partial charge in [-0.2, -0.15) is 0 Å². The third-order valence-electron chi connectivity index (χ3n) is 1.84. The van der Waals surface area contributed by atoms with Crippen LogP contribution in [0.3, 0.4) is 0 Å². The van der Waals surface area contributed by atoms with Gasteiger partial charge in [0, 0.05) is 6.07 Å². The SMILES string of the molecule is CCOc1ccc(NC(C)C(N)=O)cn1. The molecule has 0 aromatic carbocycles. The van der Waals surface area contributed by atoms with E-state index in [0.29, 0.717) is 12.5 Å². The van der Waals surface area contributed by atoms with Crippen molar-refractivity contribution in [1.29, 1.82) is 0 Å².